The van der Waals surface area contributed by atoms with Crippen LogP contribution in [-0.2, 0) is 24.1 Å². The molecule has 0 bridgehead atoms. The van der Waals surface area contributed by atoms with E-state index in [1.807, 2.05) is 13.8 Å². The molecule has 0 saturated carbocycles. The minimum Gasteiger partial charge on any atom is -0.465 e. The molecule has 0 atom stereocenters. The van der Waals surface area contributed by atoms with Crippen LogP contribution in [0.3, 0.4) is 0 Å². The number of aryl methyl sites for hydroxylation is 2. The highest BCUT2D eigenvalue weighted by molar-refractivity contribution is 7.80. The number of ether oxygens (including phenoxy) is 1. The number of nitrogens with zero attached hydrogens (tertiary/aromatic N) is 2. The zero-order chi connectivity index (χ0) is 22.1. The fraction of sp³-hybridized carbons (Fsp3) is 0.318. The van der Waals surface area contributed by atoms with Gasteiger partial charge in [0.25, 0.3) is 0 Å². The van der Waals surface area contributed by atoms with Gasteiger partial charge >= 0.3 is 5.97 Å². The second-order valence-electron chi connectivity index (χ2n) is 7.43. The van der Waals surface area contributed by atoms with Crippen LogP contribution in [0.15, 0.2) is 24.3 Å². The molecule has 0 radical (unpaired) electrons. The summed E-state index contributed by atoms with van der Waals surface area (Å²) in [5.74, 6) is -0.613. The molecule has 2 aromatic heterocycles. The Balaban J connectivity index is 1.53. The number of methoxy groups -OCH3 is 1. The summed E-state index contributed by atoms with van der Waals surface area (Å²) >= 11 is 7.07. The molecule has 3 aromatic rings. The molecule has 6 nitrogen and oxygen atoms in total. The van der Waals surface area contributed by atoms with Gasteiger partial charge in [-0.2, -0.15) is 5.10 Å². The fourth-order valence-corrected chi connectivity index (χ4v) is 5.43. The van der Waals surface area contributed by atoms with Crippen molar-refractivity contribution in [1.29, 1.82) is 0 Å². The molecule has 0 amide bonds. The molecular weight excluding hydrogens is 435 g/mol. The maximum atomic E-state index is 14.0. The Morgan fingerprint density at radius 3 is 2.81 bits per heavy atom. The molecule has 0 spiro atoms. The van der Waals surface area contributed by atoms with Gasteiger partial charge in [0.2, 0.25) is 0 Å². The number of nitrogens with one attached hydrogen (secondary N) is 2. The number of halogens is 1. The van der Waals surface area contributed by atoms with Gasteiger partial charge in [-0.15, -0.1) is 11.3 Å². The number of fused-ring (bicyclic) bond motifs is 1. The van der Waals surface area contributed by atoms with Gasteiger partial charge < -0.3 is 15.4 Å². The van der Waals surface area contributed by atoms with Crippen molar-refractivity contribution in [2.45, 2.75) is 39.7 Å². The third-order valence-corrected chi connectivity index (χ3v) is 6.85. The molecule has 0 fully saturated rings. The zero-order valence-electron chi connectivity index (χ0n) is 17.5. The van der Waals surface area contributed by atoms with Crippen LogP contribution in [0.4, 0.5) is 15.1 Å². The Morgan fingerprint density at radius 2 is 2.06 bits per heavy atom. The molecule has 2 heterocycles. The van der Waals surface area contributed by atoms with Crippen LogP contribution in [0.5, 0.6) is 0 Å². The molecule has 0 aliphatic heterocycles. The lowest BCUT2D eigenvalue weighted by molar-refractivity contribution is 0.0601. The number of anilines is 2. The molecule has 9 heteroatoms. The number of rotatable bonds is 5. The van der Waals surface area contributed by atoms with Crippen LogP contribution in [-0.4, -0.2) is 28.0 Å². The third kappa shape index (κ3) is 4.20. The zero-order valence-corrected chi connectivity index (χ0v) is 19.2. The van der Waals surface area contributed by atoms with Gasteiger partial charge in [-0.05, 0) is 57.0 Å². The van der Waals surface area contributed by atoms with Crippen LogP contribution in [0.2, 0.25) is 0 Å². The predicted octanol–water partition coefficient (Wildman–Crippen LogP) is 4.83. The van der Waals surface area contributed by atoms with Crippen molar-refractivity contribution in [3.05, 3.63) is 63.0 Å². The van der Waals surface area contributed by atoms with Gasteiger partial charge in [-0.25, -0.2) is 9.18 Å². The molecule has 4 rings (SSSR count). The monoisotopic (exact) mass is 458 g/mol. The average Bonchev–Trinajstić information content (AvgIpc) is 3.39. The lowest BCUT2D eigenvalue weighted by atomic mass is 10.1. The summed E-state index contributed by atoms with van der Waals surface area (Å²) < 4.78 is 20.8. The van der Waals surface area contributed by atoms with Gasteiger partial charge in [-0.1, -0.05) is 18.2 Å². The van der Waals surface area contributed by atoms with E-state index in [0.29, 0.717) is 27.8 Å². The summed E-state index contributed by atoms with van der Waals surface area (Å²) in [6.07, 6.45) is 2.89. The maximum Gasteiger partial charge on any atom is 0.341 e. The number of carbonyl (C=O) groups is 1. The number of hydrogen-bond donors (Lipinski definition) is 2. The Labute approximate surface area is 189 Å². The Bertz CT molecular complexity index is 1170. The first-order valence-electron chi connectivity index (χ1n) is 9.97. The third-order valence-electron chi connectivity index (χ3n) is 5.44. The molecular formula is C22H23FN4O2S2. The fourth-order valence-electron chi connectivity index (χ4n) is 3.88. The van der Waals surface area contributed by atoms with Crippen molar-refractivity contribution in [1.82, 2.24) is 9.78 Å². The smallest absolute Gasteiger partial charge is 0.341 e. The number of carbonyl (C=O) groups excluding carboxylic acids is 1. The lowest BCUT2D eigenvalue weighted by Crippen LogP contribution is -2.21. The summed E-state index contributed by atoms with van der Waals surface area (Å²) in [6, 6.07) is 6.66. The van der Waals surface area contributed by atoms with Crippen molar-refractivity contribution in [2.24, 2.45) is 0 Å². The molecule has 2 N–H and O–H groups in total. The number of hydrogen-bond acceptors (Lipinski definition) is 5. The highest BCUT2D eigenvalue weighted by Crippen LogP contribution is 2.39. The Kier molecular flexibility index (Phi) is 6.06. The largest absolute Gasteiger partial charge is 0.465 e. The molecule has 0 saturated heterocycles. The second-order valence-corrected chi connectivity index (χ2v) is 8.94. The van der Waals surface area contributed by atoms with E-state index >= 15 is 0 Å². The number of aromatic nitrogens is 2. The SMILES string of the molecule is COC(=O)c1c(NC(=S)Nc2c(C)nn(Cc3ccccc3F)c2C)sc2c1CCC2. The maximum absolute atomic E-state index is 14.0. The number of thiophene rings is 1. The van der Waals surface area contributed by atoms with E-state index in [1.165, 1.54) is 18.1 Å². The standard InChI is InChI=1S/C22H23FN4O2S2/c1-12-19(13(2)27(26-12)11-14-7-4-5-9-16(14)23)24-22(30)25-20-18(21(28)29-3)15-8-6-10-17(15)31-20/h4-5,7,9H,6,8,10-11H2,1-3H3,(H2,24,25,30). The van der Waals surface area contributed by atoms with E-state index in [0.717, 1.165) is 41.9 Å². The van der Waals surface area contributed by atoms with E-state index in [2.05, 4.69) is 15.7 Å². The number of benzene rings is 1. The minimum absolute atomic E-state index is 0.261. The number of esters is 1. The first-order valence-corrected chi connectivity index (χ1v) is 11.2. The second kappa shape index (κ2) is 8.76. The molecule has 31 heavy (non-hydrogen) atoms. The molecule has 162 valence electrons. The Morgan fingerprint density at radius 1 is 1.29 bits per heavy atom. The minimum atomic E-state index is -0.352. The van der Waals surface area contributed by atoms with E-state index in [1.54, 1.807) is 34.2 Å². The van der Waals surface area contributed by atoms with E-state index in [-0.39, 0.29) is 11.8 Å². The van der Waals surface area contributed by atoms with Crippen LogP contribution >= 0.6 is 23.6 Å². The van der Waals surface area contributed by atoms with Gasteiger partial charge in [0.1, 0.15) is 10.8 Å². The highest BCUT2D eigenvalue weighted by Gasteiger charge is 2.27. The average molecular weight is 459 g/mol. The molecule has 1 aliphatic carbocycles. The highest BCUT2D eigenvalue weighted by atomic mass is 32.1. The first kappa shape index (κ1) is 21.5. The molecule has 1 aliphatic rings. The quantitative estimate of drug-likeness (QED) is 0.422. The molecule has 0 unspecified atom stereocenters. The van der Waals surface area contributed by atoms with Crippen molar-refractivity contribution in [2.75, 3.05) is 17.7 Å². The summed E-state index contributed by atoms with van der Waals surface area (Å²) in [5, 5.41) is 12.0. The molecule has 1 aromatic carbocycles. The summed E-state index contributed by atoms with van der Waals surface area (Å²) in [7, 11) is 1.39. The normalized spacial score (nSPS) is 12.5. The van der Waals surface area contributed by atoms with E-state index < -0.39 is 0 Å². The van der Waals surface area contributed by atoms with Crippen LogP contribution in [0.25, 0.3) is 0 Å². The van der Waals surface area contributed by atoms with Gasteiger partial charge in [-0.3, -0.25) is 4.68 Å². The summed E-state index contributed by atoms with van der Waals surface area (Å²) in [6.45, 7) is 4.10. The van der Waals surface area contributed by atoms with Crippen molar-refractivity contribution < 1.29 is 13.9 Å². The van der Waals surface area contributed by atoms with Gasteiger partial charge in [0, 0.05) is 10.4 Å². The van der Waals surface area contributed by atoms with Crippen molar-refractivity contribution >= 4 is 45.3 Å². The van der Waals surface area contributed by atoms with Crippen LogP contribution in [0, 0.1) is 19.7 Å². The van der Waals surface area contributed by atoms with E-state index in [4.69, 9.17) is 17.0 Å². The number of thiocarbonyl (C=S) groups is 1. The van der Waals surface area contributed by atoms with Gasteiger partial charge in [0.15, 0.2) is 5.11 Å². The van der Waals surface area contributed by atoms with Crippen LogP contribution < -0.4 is 10.6 Å². The van der Waals surface area contributed by atoms with E-state index in [9.17, 15) is 9.18 Å². The summed E-state index contributed by atoms with van der Waals surface area (Å²) in [5.41, 5.74) is 4.56. The van der Waals surface area contributed by atoms with Gasteiger partial charge in [0.05, 0.1) is 36.3 Å². The van der Waals surface area contributed by atoms with Crippen molar-refractivity contribution in [3.63, 3.8) is 0 Å². The summed E-state index contributed by atoms with van der Waals surface area (Å²) in [4.78, 5) is 13.5. The topological polar surface area (TPSA) is 68.2 Å². The Hall–Kier alpha value is -2.78. The van der Waals surface area contributed by atoms with Crippen LogP contribution in [0.1, 0.15) is 44.2 Å². The first-order chi connectivity index (χ1) is 14.9. The lowest BCUT2D eigenvalue weighted by Gasteiger charge is -2.12. The van der Waals surface area contributed by atoms with Crippen molar-refractivity contribution in [3.8, 4) is 0 Å². The predicted molar refractivity (Wildman–Crippen MR) is 125 cm³/mol.